The molecule has 0 unspecified atom stereocenters. The zero-order chi connectivity index (χ0) is 18.4. The van der Waals surface area contributed by atoms with Crippen LogP contribution in [0.1, 0.15) is 16.8 Å². The molecule has 1 aliphatic rings. The summed E-state index contributed by atoms with van der Waals surface area (Å²) in [6.45, 7) is 2.97. The van der Waals surface area contributed by atoms with Crippen LogP contribution in [0.25, 0.3) is 0 Å². The molecule has 0 saturated carbocycles. The molecular formula is C18H27N3O4. The number of ether oxygens (including phenoxy) is 2. The third-order valence-electron chi connectivity index (χ3n) is 4.32. The molecule has 1 aromatic rings. The van der Waals surface area contributed by atoms with E-state index >= 15 is 0 Å². The zero-order valence-electron chi connectivity index (χ0n) is 15.4. The number of hydrogen-bond acceptors (Lipinski definition) is 5. The average Bonchev–Trinajstić information content (AvgIpc) is 2.64. The Kier molecular flexibility index (Phi) is 6.64. The van der Waals surface area contributed by atoms with Gasteiger partial charge in [-0.15, -0.1) is 0 Å². The number of nitrogens with zero attached hydrogens (tertiary/aromatic N) is 3. The molecule has 0 aromatic heterocycles. The second-order valence-electron chi connectivity index (χ2n) is 6.30. The van der Waals surface area contributed by atoms with Gasteiger partial charge in [-0.2, -0.15) is 0 Å². The van der Waals surface area contributed by atoms with Crippen LogP contribution in [-0.2, 0) is 4.79 Å². The zero-order valence-corrected chi connectivity index (χ0v) is 15.4. The van der Waals surface area contributed by atoms with Crippen LogP contribution in [0, 0.1) is 0 Å². The minimum absolute atomic E-state index is 0.0543. The van der Waals surface area contributed by atoms with E-state index in [0.29, 0.717) is 49.7 Å². The lowest BCUT2D eigenvalue weighted by Gasteiger charge is -2.35. The highest BCUT2D eigenvalue weighted by molar-refractivity contribution is 5.95. The molecular weight excluding hydrogens is 322 g/mol. The van der Waals surface area contributed by atoms with E-state index in [2.05, 4.69) is 0 Å². The number of methoxy groups -OCH3 is 2. The van der Waals surface area contributed by atoms with Gasteiger partial charge in [0.25, 0.3) is 5.91 Å². The van der Waals surface area contributed by atoms with Gasteiger partial charge in [-0.25, -0.2) is 0 Å². The third-order valence-corrected chi connectivity index (χ3v) is 4.32. The highest BCUT2D eigenvalue weighted by Gasteiger charge is 2.25. The van der Waals surface area contributed by atoms with Crippen molar-refractivity contribution in [3.05, 3.63) is 23.8 Å². The summed E-state index contributed by atoms with van der Waals surface area (Å²) in [4.78, 5) is 30.5. The van der Waals surface area contributed by atoms with Crippen LogP contribution in [0.3, 0.4) is 0 Å². The van der Waals surface area contributed by atoms with Gasteiger partial charge in [0.15, 0.2) is 11.5 Å². The minimum Gasteiger partial charge on any atom is -0.493 e. The Hall–Kier alpha value is -2.28. The molecule has 1 saturated heterocycles. The van der Waals surface area contributed by atoms with Crippen molar-refractivity contribution < 1.29 is 19.1 Å². The first-order valence-corrected chi connectivity index (χ1v) is 8.40. The molecule has 138 valence electrons. The lowest BCUT2D eigenvalue weighted by Crippen LogP contribution is -2.50. The monoisotopic (exact) mass is 349 g/mol. The van der Waals surface area contributed by atoms with Crippen LogP contribution in [0.15, 0.2) is 18.2 Å². The van der Waals surface area contributed by atoms with E-state index in [9.17, 15) is 9.59 Å². The summed E-state index contributed by atoms with van der Waals surface area (Å²) in [5, 5.41) is 0. The molecule has 1 heterocycles. The molecule has 0 N–H and O–H groups in total. The quantitative estimate of drug-likeness (QED) is 0.765. The van der Waals surface area contributed by atoms with Gasteiger partial charge in [0, 0.05) is 44.7 Å². The van der Waals surface area contributed by atoms with Gasteiger partial charge in [-0.1, -0.05) is 0 Å². The lowest BCUT2D eigenvalue weighted by molar-refractivity contribution is -0.132. The molecule has 2 rings (SSSR count). The fourth-order valence-electron chi connectivity index (χ4n) is 2.79. The fourth-order valence-corrected chi connectivity index (χ4v) is 2.79. The predicted molar refractivity (Wildman–Crippen MR) is 95.2 cm³/mol. The molecule has 0 bridgehead atoms. The number of amides is 2. The molecule has 1 fully saturated rings. The van der Waals surface area contributed by atoms with Crippen LogP contribution >= 0.6 is 0 Å². The molecule has 0 aliphatic carbocycles. The van der Waals surface area contributed by atoms with Crippen LogP contribution in [0.2, 0.25) is 0 Å². The molecule has 2 amide bonds. The van der Waals surface area contributed by atoms with E-state index in [0.717, 1.165) is 6.54 Å². The van der Waals surface area contributed by atoms with Gasteiger partial charge in [0.05, 0.1) is 14.2 Å². The summed E-state index contributed by atoms with van der Waals surface area (Å²) in [6, 6.07) is 5.15. The first-order valence-electron chi connectivity index (χ1n) is 8.40. The first kappa shape index (κ1) is 19.1. The summed E-state index contributed by atoms with van der Waals surface area (Å²) in [5.74, 6) is 1.22. The first-order chi connectivity index (χ1) is 12.0. The third kappa shape index (κ3) is 4.85. The van der Waals surface area contributed by atoms with Crippen molar-refractivity contribution in [2.75, 3.05) is 61.0 Å². The Labute approximate surface area is 149 Å². The van der Waals surface area contributed by atoms with Crippen LogP contribution < -0.4 is 9.47 Å². The fraction of sp³-hybridized carbons (Fsp3) is 0.556. The molecule has 7 nitrogen and oxygen atoms in total. The largest absolute Gasteiger partial charge is 0.493 e. The van der Waals surface area contributed by atoms with Crippen molar-refractivity contribution in [2.45, 2.75) is 6.42 Å². The van der Waals surface area contributed by atoms with Crippen molar-refractivity contribution in [2.24, 2.45) is 0 Å². The maximum Gasteiger partial charge on any atom is 0.254 e. The molecule has 25 heavy (non-hydrogen) atoms. The lowest BCUT2D eigenvalue weighted by atomic mass is 10.1. The standard InChI is InChI=1S/C18H27N3O4/c1-19(2)8-7-17(22)20-9-11-21(12-10-20)18(23)14-5-6-15(24-3)16(13-14)25-4/h5-6,13H,7-12H2,1-4H3. The van der Waals surface area contributed by atoms with Gasteiger partial charge >= 0.3 is 0 Å². The van der Waals surface area contributed by atoms with Gasteiger partial charge in [0.2, 0.25) is 5.91 Å². The SMILES string of the molecule is COc1ccc(C(=O)N2CCN(C(=O)CCN(C)C)CC2)cc1OC. The van der Waals surface area contributed by atoms with E-state index in [1.54, 1.807) is 37.3 Å². The summed E-state index contributed by atoms with van der Waals surface area (Å²) < 4.78 is 10.5. The van der Waals surface area contributed by atoms with Crippen molar-refractivity contribution in [3.8, 4) is 11.5 Å². The maximum absolute atomic E-state index is 12.7. The topological polar surface area (TPSA) is 62.3 Å². The van der Waals surface area contributed by atoms with Crippen molar-refractivity contribution in [3.63, 3.8) is 0 Å². The second-order valence-corrected chi connectivity index (χ2v) is 6.30. The molecule has 1 aliphatic heterocycles. The van der Waals surface area contributed by atoms with Crippen LogP contribution in [-0.4, -0.2) is 87.6 Å². The van der Waals surface area contributed by atoms with E-state index in [1.165, 1.54) is 0 Å². The number of hydrogen-bond donors (Lipinski definition) is 0. The smallest absolute Gasteiger partial charge is 0.254 e. The normalized spacial score (nSPS) is 14.6. The Morgan fingerprint density at radius 1 is 1.00 bits per heavy atom. The molecule has 0 radical (unpaired) electrons. The van der Waals surface area contributed by atoms with E-state index in [-0.39, 0.29) is 11.8 Å². The molecule has 1 aromatic carbocycles. The Morgan fingerprint density at radius 2 is 1.60 bits per heavy atom. The molecule has 0 atom stereocenters. The molecule has 7 heteroatoms. The van der Waals surface area contributed by atoms with E-state index < -0.39 is 0 Å². The number of carbonyl (C=O) groups excluding carboxylic acids is 2. The van der Waals surface area contributed by atoms with Gasteiger partial charge in [-0.05, 0) is 32.3 Å². The minimum atomic E-state index is -0.0543. The van der Waals surface area contributed by atoms with Crippen molar-refractivity contribution in [1.29, 1.82) is 0 Å². The number of benzene rings is 1. The summed E-state index contributed by atoms with van der Waals surface area (Å²) >= 11 is 0. The van der Waals surface area contributed by atoms with Crippen LogP contribution in [0.5, 0.6) is 11.5 Å². The highest BCUT2D eigenvalue weighted by atomic mass is 16.5. The molecule has 0 spiro atoms. The Balaban J connectivity index is 1.94. The average molecular weight is 349 g/mol. The number of carbonyl (C=O) groups is 2. The highest BCUT2D eigenvalue weighted by Crippen LogP contribution is 2.28. The summed E-state index contributed by atoms with van der Waals surface area (Å²) in [6.07, 6.45) is 0.511. The van der Waals surface area contributed by atoms with E-state index in [1.807, 2.05) is 23.9 Å². The van der Waals surface area contributed by atoms with Gasteiger partial charge < -0.3 is 24.2 Å². The Morgan fingerprint density at radius 3 is 2.16 bits per heavy atom. The van der Waals surface area contributed by atoms with Crippen molar-refractivity contribution >= 4 is 11.8 Å². The number of rotatable bonds is 6. The summed E-state index contributed by atoms with van der Waals surface area (Å²) in [5.41, 5.74) is 0.560. The number of piperazine rings is 1. The van der Waals surface area contributed by atoms with Crippen molar-refractivity contribution in [1.82, 2.24) is 14.7 Å². The Bertz CT molecular complexity index is 610. The second kappa shape index (κ2) is 8.71. The predicted octanol–water partition coefficient (Wildman–Crippen LogP) is 0.940. The maximum atomic E-state index is 12.7. The van der Waals surface area contributed by atoms with E-state index in [4.69, 9.17) is 9.47 Å². The summed E-state index contributed by atoms with van der Waals surface area (Å²) in [7, 11) is 7.01. The van der Waals surface area contributed by atoms with Crippen LogP contribution in [0.4, 0.5) is 0 Å². The van der Waals surface area contributed by atoms with Gasteiger partial charge in [0.1, 0.15) is 0 Å². The van der Waals surface area contributed by atoms with Gasteiger partial charge in [-0.3, -0.25) is 9.59 Å².